The van der Waals surface area contributed by atoms with E-state index in [2.05, 4.69) is 9.97 Å². The van der Waals surface area contributed by atoms with Gasteiger partial charge in [-0.1, -0.05) is 42.5 Å². The summed E-state index contributed by atoms with van der Waals surface area (Å²) in [4.78, 5) is 7.94. The van der Waals surface area contributed by atoms with Crippen LogP contribution in [0.4, 0.5) is 0 Å². The molecule has 0 aliphatic carbocycles. The molecule has 1 atom stereocenters. The van der Waals surface area contributed by atoms with Gasteiger partial charge in [0.2, 0.25) is 0 Å². The topological polar surface area (TPSA) is 48.9 Å². The lowest BCUT2D eigenvalue weighted by Crippen LogP contribution is -2.27. The average molecular weight is 357 g/mol. The fraction of sp³-hybridized carbons (Fsp3) is 0.211. The van der Waals surface area contributed by atoms with Gasteiger partial charge in [0.1, 0.15) is 11.4 Å². The Balaban J connectivity index is 2.02. The van der Waals surface area contributed by atoms with E-state index in [1.54, 1.807) is 23.5 Å². The molecule has 1 heterocycles. The van der Waals surface area contributed by atoms with E-state index < -0.39 is 5.60 Å². The SMILES string of the molecule is CSC(=CC(O)(Cc1nc2ccccc2[nH]1)c1ccccc1)SC. The minimum absolute atomic E-state index is 0.399. The van der Waals surface area contributed by atoms with Gasteiger partial charge in [0.05, 0.1) is 11.0 Å². The van der Waals surface area contributed by atoms with Gasteiger partial charge in [0.15, 0.2) is 0 Å². The molecule has 3 rings (SSSR count). The largest absolute Gasteiger partial charge is 0.380 e. The molecule has 0 saturated carbocycles. The fourth-order valence-electron chi connectivity index (χ4n) is 2.70. The van der Waals surface area contributed by atoms with Crippen LogP contribution in [0.15, 0.2) is 64.9 Å². The molecular weight excluding hydrogens is 336 g/mol. The van der Waals surface area contributed by atoms with Crippen molar-refractivity contribution in [3.05, 3.63) is 76.3 Å². The molecule has 0 spiro atoms. The van der Waals surface area contributed by atoms with E-state index >= 15 is 0 Å². The lowest BCUT2D eigenvalue weighted by molar-refractivity contribution is 0.0879. The van der Waals surface area contributed by atoms with E-state index in [1.807, 2.05) is 73.2 Å². The van der Waals surface area contributed by atoms with Gasteiger partial charge in [0, 0.05) is 10.7 Å². The zero-order valence-electron chi connectivity index (χ0n) is 13.7. The molecule has 0 amide bonds. The predicted octanol–water partition coefficient (Wildman–Crippen LogP) is 4.56. The lowest BCUT2D eigenvalue weighted by atomic mass is 9.90. The van der Waals surface area contributed by atoms with Crippen molar-refractivity contribution in [2.24, 2.45) is 0 Å². The molecule has 0 radical (unpaired) electrons. The molecule has 0 aliphatic rings. The molecule has 3 aromatic rings. The van der Waals surface area contributed by atoms with Crippen molar-refractivity contribution in [1.29, 1.82) is 0 Å². The zero-order chi connectivity index (χ0) is 17.0. The first-order valence-electron chi connectivity index (χ1n) is 7.67. The van der Waals surface area contributed by atoms with Crippen molar-refractivity contribution in [2.75, 3.05) is 12.5 Å². The Morgan fingerprint density at radius 1 is 1.08 bits per heavy atom. The van der Waals surface area contributed by atoms with Crippen LogP contribution in [0.2, 0.25) is 0 Å². The molecular formula is C19H20N2OS2. The van der Waals surface area contributed by atoms with Crippen molar-refractivity contribution in [3.8, 4) is 0 Å². The van der Waals surface area contributed by atoms with Gasteiger partial charge in [-0.3, -0.25) is 0 Å². The minimum atomic E-state index is -1.10. The highest BCUT2D eigenvalue weighted by atomic mass is 32.2. The Labute approximate surface area is 150 Å². The Morgan fingerprint density at radius 3 is 2.42 bits per heavy atom. The van der Waals surface area contributed by atoms with E-state index in [9.17, 15) is 5.11 Å². The number of H-pyrrole nitrogens is 1. The molecule has 24 heavy (non-hydrogen) atoms. The number of imidazole rings is 1. The molecule has 0 saturated heterocycles. The second kappa shape index (κ2) is 7.47. The van der Waals surface area contributed by atoms with Crippen LogP contribution >= 0.6 is 23.5 Å². The zero-order valence-corrected chi connectivity index (χ0v) is 15.3. The number of thioether (sulfide) groups is 2. The molecule has 1 aromatic heterocycles. The predicted molar refractivity (Wildman–Crippen MR) is 105 cm³/mol. The first-order valence-corrected chi connectivity index (χ1v) is 10.1. The highest BCUT2D eigenvalue weighted by Gasteiger charge is 2.29. The summed E-state index contributed by atoms with van der Waals surface area (Å²) in [6, 6.07) is 17.7. The third-order valence-corrected chi connectivity index (χ3v) is 5.95. The molecule has 2 aromatic carbocycles. The number of hydrogen-bond donors (Lipinski definition) is 2. The maximum absolute atomic E-state index is 11.4. The Hall–Kier alpha value is -1.69. The number of rotatable bonds is 6. The summed E-state index contributed by atoms with van der Waals surface area (Å²) >= 11 is 3.28. The van der Waals surface area contributed by atoms with E-state index in [4.69, 9.17) is 0 Å². The second-order valence-corrected chi connectivity index (χ2v) is 7.49. The fourth-order valence-corrected chi connectivity index (χ4v) is 4.00. The molecule has 2 N–H and O–H groups in total. The lowest BCUT2D eigenvalue weighted by Gasteiger charge is -2.25. The number of benzene rings is 2. The summed E-state index contributed by atoms with van der Waals surface area (Å²) in [6.07, 6.45) is 6.38. The quantitative estimate of drug-likeness (QED) is 0.680. The number of aliphatic hydroxyl groups is 1. The number of aromatic nitrogens is 2. The van der Waals surface area contributed by atoms with Crippen LogP contribution in [0.5, 0.6) is 0 Å². The van der Waals surface area contributed by atoms with E-state index in [0.29, 0.717) is 6.42 Å². The highest BCUT2D eigenvalue weighted by molar-refractivity contribution is 8.21. The van der Waals surface area contributed by atoms with Crippen LogP contribution in [0.1, 0.15) is 11.4 Å². The Bertz CT molecular complexity index is 806. The standard InChI is InChI=1S/C19H20N2OS2/c1-23-18(24-2)13-19(22,14-8-4-3-5-9-14)12-17-20-15-10-6-7-11-16(15)21-17/h3-11,13,22H,12H2,1-2H3,(H,20,21). The number of nitrogens with zero attached hydrogens (tertiary/aromatic N) is 1. The summed E-state index contributed by atoms with van der Waals surface area (Å²) in [5.74, 6) is 0.778. The van der Waals surface area contributed by atoms with Crippen LogP contribution < -0.4 is 0 Å². The van der Waals surface area contributed by atoms with Crippen LogP contribution in [-0.4, -0.2) is 27.6 Å². The summed E-state index contributed by atoms with van der Waals surface area (Å²) in [5.41, 5.74) is 1.67. The van der Waals surface area contributed by atoms with E-state index in [0.717, 1.165) is 26.7 Å². The van der Waals surface area contributed by atoms with Crippen LogP contribution in [0.25, 0.3) is 11.0 Å². The van der Waals surface area contributed by atoms with Gasteiger partial charge in [-0.25, -0.2) is 4.98 Å². The van der Waals surface area contributed by atoms with Gasteiger partial charge in [0.25, 0.3) is 0 Å². The van der Waals surface area contributed by atoms with Gasteiger partial charge in [-0.05, 0) is 36.3 Å². The number of nitrogens with one attached hydrogen (secondary N) is 1. The smallest absolute Gasteiger partial charge is 0.117 e. The van der Waals surface area contributed by atoms with Crippen LogP contribution in [0.3, 0.4) is 0 Å². The normalized spacial score (nSPS) is 13.6. The van der Waals surface area contributed by atoms with Crippen molar-refractivity contribution in [3.63, 3.8) is 0 Å². The van der Waals surface area contributed by atoms with Crippen molar-refractivity contribution >= 4 is 34.6 Å². The summed E-state index contributed by atoms with van der Waals surface area (Å²) in [5, 5.41) is 11.4. The number of para-hydroxylation sites is 2. The van der Waals surface area contributed by atoms with Gasteiger partial charge < -0.3 is 10.1 Å². The first kappa shape index (κ1) is 17.1. The van der Waals surface area contributed by atoms with Gasteiger partial charge in [-0.15, -0.1) is 23.5 Å². The molecule has 0 aliphatic heterocycles. The number of fused-ring (bicyclic) bond motifs is 1. The monoisotopic (exact) mass is 356 g/mol. The van der Waals surface area contributed by atoms with Crippen molar-refractivity contribution in [2.45, 2.75) is 12.0 Å². The Kier molecular flexibility index (Phi) is 5.33. The minimum Gasteiger partial charge on any atom is -0.380 e. The van der Waals surface area contributed by atoms with E-state index in [-0.39, 0.29) is 0 Å². The van der Waals surface area contributed by atoms with Crippen molar-refractivity contribution in [1.82, 2.24) is 9.97 Å². The third-order valence-electron chi connectivity index (χ3n) is 3.91. The molecule has 0 bridgehead atoms. The second-order valence-electron chi connectivity index (χ2n) is 5.54. The average Bonchev–Trinajstić information content (AvgIpc) is 3.02. The molecule has 0 fully saturated rings. The third kappa shape index (κ3) is 3.69. The van der Waals surface area contributed by atoms with Crippen LogP contribution in [0, 0.1) is 0 Å². The van der Waals surface area contributed by atoms with Crippen LogP contribution in [-0.2, 0) is 12.0 Å². The van der Waals surface area contributed by atoms with Gasteiger partial charge in [-0.2, -0.15) is 0 Å². The summed E-state index contributed by atoms with van der Waals surface area (Å²) in [6.45, 7) is 0. The van der Waals surface area contributed by atoms with E-state index in [1.165, 1.54) is 0 Å². The molecule has 124 valence electrons. The maximum Gasteiger partial charge on any atom is 0.117 e. The summed E-state index contributed by atoms with van der Waals surface area (Å²) in [7, 11) is 0. The van der Waals surface area contributed by atoms with Crippen molar-refractivity contribution < 1.29 is 5.11 Å². The Morgan fingerprint density at radius 2 is 1.75 bits per heavy atom. The molecule has 3 nitrogen and oxygen atoms in total. The highest BCUT2D eigenvalue weighted by Crippen LogP contribution is 2.34. The molecule has 1 unspecified atom stereocenters. The maximum atomic E-state index is 11.4. The number of aromatic amines is 1. The first-order chi connectivity index (χ1) is 11.6. The summed E-state index contributed by atoms with van der Waals surface area (Å²) < 4.78 is 1.08. The number of hydrogen-bond acceptors (Lipinski definition) is 4. The van der Waals surface area contributed by atoms with Gasteiger partial charge >= 0.3 is 0 Å². The molecule has 5 heteroatoms.